The molecule has 0 amide bonds. The average Bonchev–Trinajstić information content (AvgIpc) is 2.94. The second-order valence-electron chi connectivity index (χ2n) is 4.82. The van der Waals surface area contributed by atoms with Gasteiger partial charge in [-0.3, -0.25) is 0 Å². The predicted octanol–water partition coefficient (Wildman–Crippen LogP) is 3.11. The number of nitrogen functional groups attached to an aromatic ring is 1. The van der Waals surface area contributed by atoms with Crippen LogP contribution in [0.3, 0.4) is 0 Å². The number of hydrogen-bond acceptors (Lipinski definition) is 4. The molecule has 1 aromatic heterocycles. The van der Waals surface area contributed by atoms with Crippen molar-refractivity contribution in [1.29, 1.82) is 0 Å². The standard InChI is InChI=1S/C13H13BrN2O2S2/c1-8-4-12(19-13(8)14)20(17,18)16-6-9-2-3-11(15)5-10(9)7-16/h2-5H,6-7,15H2,1H3. The van der Waals surface area contributed by atoms with Crippen LogP contribution in [0.5, 0.6) is 0 Å². The number of anilines is 1. The number of fused-ring (bicyclic) bond motifs is 1. The molecule has 1 aliphatic heterocycles. The van der Waals surface area contributed by atoms with E-state index < -0.39 is 10.0 Å². The van der Waals surface area contributed by atoms with Crippen LogP contribution in [0.2, 0.25) is 0 Å². The number of nitrogens with two attached hydrogens (primary N) is 1. The van der Waals surface area contributed by atoms with E-state index in [1.54, 1.807) is 12.1 Å². The number of benzene rings is 1. The summed E-state index contributed by atoms with van der Waals surface area (Å²) in [5.41, 5.74) is 9.36. The van der Waals surface area contributed by atoms with Crippen LogP contribution < -0.4 is 5.73 Å². The lowest BCUT2D eigenvalue weighted by molar-refractivity contribution is 0.433. The Hall–Kier alpha value is -0.890. The van der Waals surface area contributed by atoms with Crippen molar-refractivity contribution in [3.8, 4) is 0 Å². The molecule has 0 saturated carbocycles. The number of hydrogen-bond donors (Lipinski definition) is 1. The lowest BCUT2D eigenvalue weighted by Gasteiger charge is -2.13. The number of aryl methyl sites for hydroxylation is 1. The molecule has 20 heavy (non-hydrogen) atoms. The number of halogens is 1. The van der Waals surface area contributed by atoms with E-state index in [-0.39, 0.29) is 0 Å². The molecule has 4 nitrogen and oxygen atoms in total. The molecular formula is C13H13BrN2O2S2. The Morgan fingerprint density at radius 2 is 1.95 bits per heavy atom. The minimum absolute atomic E-state index is 0.377. The molecule has 106 valence electrons. The predicted molar refractivity (Wildman–Crippen MR) is 84.0 cm³/mol. The van der Waals surface area contributed by atoms with Gasteiger partial charge in [-0.2, -0.15) is 4.31 Å². The molecule has 1 aromatic carbocycles. The summed E-state index contributed by atoms with van der Waals surface area (Å²) in [7, 11) is -3.44. The fourth-order valence-electron chi connectivity index (χ4n) is 2.24. The quantitative estimate of drug-likeness (QED) is 0.823. The van der Waals surface area contributed by atoms with Gasteiger partial charge >= 0.3 is 0 Å². The zero-order chi connectivity index (χ0) is 14.5. The molecule has 0 fully saturated rings. The Balaban J connectivity index is 1.95. The van der Waals surface area contributed by atoms with E-state index in [1.165, 1.54) is 15.6 Å². The van der Waals surface area contributed by atoms with E-state index in [4.69, 9.17) is 5.73 Å². The highest BCUT2D eigenvalue weighted by Crippen LogP contribution is 2.35. The van der Waals surface area contributed by atoms with E-state index in [0.29, 0.717) is 23.0 Å². The second-order valence-corrected chi connectivity index (χ2v) is 9.36. The van der Waals surface area contributed by atoms with Crippen molar-refractivity contribution in [3.05, 3.63) is 44.7 Å². The highest BCUT2D eigenvalue weighted by atomic mass is 79.9. The van der Waals surface area contributed by atoms with Gasteiger partial charge in [-0.25, -0.2) is 8.42 Å². The van der Waals surface area contributed by atoms with Crippen molar-refractivity contribution in [2.75, 3.05) is 5.73 Å². The third-order valence-corrected chi connectivity index (χ3v) is 7.73. The summed E-state index contributed by atoms with van der Waals surface area (Å²) >= 11 is 4.63. The van der Waals surface area contributed by atoms with Crippen LogP contribution in [-0.2, 0) is 23.1 Å². The topological polar surface area (TPSA) is 63.4 Å². The molecular weight excluding hydrogens is 360 g/mol. The van der Waals surface area contributed by atoms with Crippen LogP contribution in [0.4, 0.5) is 5.69 Å². The van der Waals surface area contributed by atoms with E-state index in [0.717, 1.165) is 20.5 Å². The number of rotatable bonds is 2. The molecule has 0 atom stereocenters. The SMILES string of the molecule is Cc1cc(S(=O)(=O)N2Cc3ccc(N)cc3C2)sc1Br. The first kappa shape index (κ1) is 14.1. The summed E-state index contributed by atoms with van der Waals surface area (Å²) in [4.78, 5) is 0. The summed E-state index contributed by atoms with van der Waals surface area (Å²) in [6.45, 7) is 2.68. The van der Waals surface area contributed by atoms with Crippen LogP contribution in [0.1, 0.15) is 16.7 Å². The number of sulfonamides is 1. The maximum Gasteiger partial charge on any atom is 0.253 e. The Morgan fingerprint density at radius 3 is 2.60 bits per heavy atom. The van der Waals surface area contributed by atoms with Gasteiger partial charge < -0.3 is 5.73 Å². The third-order valence-electron chi connectivity index (χ3n) is 3.35. The average molecular weight is 373 g/mol. The van der Waals surface area contributed by atoms with Crippen LogP contribution in [0.25, 0.3) is 0 Å². The summed E-state index contributed by atoms with van der Waals surface area (Å²) in [5, 5.41) is 0. The molecule has 1 aliphatic rings. The maximum atomic E-state index is 12.6. The Bertz CT molecular complexity index is 764. The van der Waals surface area contributed by atoms with Crippen LogP contribution >= 0.6 is 27.3 Å². The van der Waals surface area contributed by atoms with Crippen molar-refractivity contribution < 1.29 is 8.42 Å². The van der Waals surface area contributed by atoms with E-state index in [1.807, 2.05) is 19.1 Å². The number of nitrogens with zero attached hydrogens (tertiary/aromatic N) is 1. The summed E-state index contributed by atoms with van der Waals surface area (Å²) in [5.74, 6) is 0. The summed E-state index contributed by atoms with van der Waals surface area (Å²) < 4.78 is 28.0. The Kier molecular flexibility index (Phi) is 3.40. The maximum absolute atomic E-state index is 12.6. The Morgan fingerprint density at radius 1 is 1.25 bits per heavy atom. The minimum Gasteiger partial charge on any atom is -0.399 e. The Labute approximate surface area is 130 Å². The molecule has 0 spiro atoms. The molecule has 2 aromatic rings. The van der Waals surface area contributed by atoms with Gasteiger partial charge in [0.15, 0.2) is 0 Å². The zero-order valence-corrected chi connectivity index (χ0v) is 14.0. The van der Waals surface area contributed by atoms with Crippen molar-refractivity contribution in [1.82, 2.24) is 4.31 Å². The first-order valence-electron chi connectivity index (χ1n) is 6.01. The van der Waals surface area contributed by atoms with Gasteiger partial charge in [0, 0.05) is 18.8 Å². The lowest BCUT2D eigenvalue weighted by atomic mass is 10.1. The zero-order valence-electron chi connectivity index (χ0n) is 10.8. The number of thiophene rings is 1. The summed E-state index contributed by atoms with van der Waals surface area (Å²) in [6, 6.07) is 7.26. The molecule has 0 unspecified atom stereocenters. The normalized spacial score (nSPS) is 15.5. The second kappa shape index (κ2) is 4.84. The largest absolute Gasteiger partial charge is 0.399 e. The molecule has 0 saturated heterocycles. The fraction of sp³-hybridized carbons (Fsp3) is 0.231. The highest BCUT2D eigenvalue weighted by molar-refractivity contribution is 9.11. The molecule has 0 bridgehead atoms. The minimum atomic E-state index is -3.44. The lowest BCUT2D eigenvalue weighted by Crippen LogP contribution is -2.24. The van der Waals surface area contributed by atoms with Crippen molar-refractivity contribution in [2.45, 2.75) is 24.2 Å². The van der Waals surface area contributed by atoms with Gasteiger partial charge in [-0.15, -0.1) is 11.3 Å². The van der Waals surface area contributed by atoms with Crippen molar-refractivity contribution in [3.63, 3.8) is 0 Å². The molecule has 2 heterocycles. The highest BCUT2D eigenvalue weighted by Gasteiger charge is 2.32. The van der Waals surface area contributed by atoms with Crippen LogP contribution in [-0.4, -0.2) is 12.7 Å². The van der Waals surface area contributed by atoms with E-state index in [9.17, 15) is 8.42 Å². The molecule has 0 radical (unpaired) electrons. The van der Waals surface area contributed by atoms with Gasteiger partial charge in [0.1, 0.15) is 4.21 Å². The monoisotopic (exact) mass is 372 g/mol. The molecule has 3 rings (SSSR count). The van der Waals surface area contributed by atoms with Crippen molar-refractivity contribution in [2.24, 2.45) is 0 Å². The van der Waals surface area contributed by atoms with Gasteiger partial charge in [-0.1, -0.05) is 6.07 Å². The van der Waals surface area contributed by atoms with Crippen molar-refractivity contribution >= 4 is 43.0 Å². The van der Waals surface area contributed by atoms with Gasteiger partial charge in [0.05, 0.1) is 3.79 Å². The summed E-state index contributed by atoms with van der Waals surface area (Å²) in [6.07, 6.45) is 0. The van der Waals surface area contributed by atoms with E-state index >= 15 is 0 Å². The first-order valence-corrected chi connectivity index (χ1v) is 9.06. The fourth-order valence-corrected chi connectivity index (χ4v) is 6.02. The van der Waals surface area contributed by atoms with E-state index in [2.05, 4.69) is 15.9 Å². The molecule has 0 aliphatic carbocycles. The van der Waals surface area contributed by atoms with Gasteiger partial charge in [0.25, 0.3) is 10.0 Å². The first-order chi connectivity index (χ1) is 9.38. The van der Waals surface area contributed by atoms with Gasteiger partial charge in [-0.05, 0) is 57.7 Å². The van der Waals surface area contributed by atoms with Crippen LogP contribution in [0.15, 0.2) is 32.3 Å². The van der Waals surface area contributed by atoms with Crippen LogP contribution in [0, 0.1) is 6.92 Å². The molecule has 2 N–H and O–H groups in total. The third kappa shape index (κ3) is 2.28. The smallest absolute Gasteiger partial charge is 0.253 e. The van der Waals surface area contributed by atoms with Gasteiger partial charge in [0.2, 0.25) is 0 Å². The molecule has 7 heteroatoms.